The molecule has 5 nitrogen and oxygen atoms in total. The Labute approximate surface area is 165 Å². The molecule has 144 valence electrons. The van der Waals surface area contributed by atoms with E-state index in [1.807, 2.05) is 36.5 Å². The molecular formula is C21H26ClN3O2. The summed E-state index contributed by atoms with van der Waals surface area (Å²) in [5.41, 5.74) is 9.05. The Morgan fingerprint density at radius 2 is 1.85 bits per heavy atom. The summed E-state index contributed by atoms with van der Waals surface area (Å²) in [5, 5.41) is 4.22. The van der Waals surface area contributed by atoms with Crippen molar-refractivity contribution in [1.29, 1.82) is 0 Å². The van der Waals surface area contributed by atoms with E-state index < -0.39 is 0 Å². The summed E-state index contributed by atoms with van der Waals surface area (Å²) in [4.78, 5) is 15.6. The van der Waals surface area contributed by atoms with Crippen molar-refractivity contribution in [3.8, 4) is 0 Å². The highest BCUT2D eigenvalue weighted by Gasteiger charge is 2.19. The number of fused-ring (bicyclic) bond motifs is 1. The van der Waals surface area contributed by atoms with E-state index in [9.17, 15) is 4.79 Å². The van der Waals surface area contributed by atoms with Gasteiger partial charge in [0, 0.05) is 43.2 Å². The van der Waals surface area contributed by atoms with Crippen molar-refractivity contribution in [2.75, 3.05) is 20.2 Å². The highest BCUT2D eigenvalue weighted by molar-refractivity contribution is 5.85. The van der Waals surface area contributed by atoms with Gasteiger partial charge in [0.2, 0.25) is 5.91 Å². The van der Waals surface area contributed by atoms with Crippen molar-refractivity contribution in [3.63, 3.8) is 0 Å². The number of hydrogen-bond donors (Lipinski definition) is 3. The second-order valence-electron chi connectivity index (χ2n) is 6.35. The molecule has 3 aromatic rings. The third kappa shape index (κ3) is 5.10. The number of carbonyl (C=O) groups excluding carboxylic acids is 1. The Hall–Kier alpha value is -2.34. The average Bonchev–Trinajstić information content (AvgIpc) is 3.11. The van der Waals surface area contributed by atoms with Crippen LogP contribution in [0.25, 0.3) is 10.9 Å². The normalized spacial score (nSPS) is 13.0. The maximum absolute atomic E-state index is 12.3. The fraction of sp³-hybridized carbons (Fsp3) is 0.286. The predicted molar refractivity (Wildman–Crippen MR) is 111 cm³/mol. The number of para-hydroxylation sites is 1. The molecular weight excluding hydrogens is 362 g/mol. The molecule has 0 saturated heterocycles. The van der Waals surface area contributed by atoms with Crippen molar-refractivity contribution in [1.82, 2.24) is 10.3 Å². The third-order valence-corrected chi connectivity index (χ3v) is 4.71. The molecule has 2 aromatic carbocycles. The number of rotatable bonds is 8. The fourth-order valence-corrected chi connectivity index (χ4v) is 3.23. The van der Waals surface area contributed by atoms with Crippen LogP contribution in [0.3, 0.4) is 0 Å². The van der Waals surface area contributed by atoms with Gasteiger partial charge in [0.25, 0.3) is 0 Å². The van der Waals surface area contributed by atoms with E-state index in [2.05, 4.69) is 34.6 Å². The lowest BCUT2D eigenvalue weighted by Gasteiger charge is -2.19. The zero-order chi connectivity index (χ0) is 18.4. The van der Waals surface area contributed by atoms with Gasteiger partial charge in [-0.25, -0.2) is 0 Å². The molecule has 0 saturated carbocycles. The van der Waals surface area contributed by atoms with Crippen LogP contribution in [0, 0.1) is 0 Å². The van der Waals surface area contributed by atoms with Gasteiger partial charge in [-0.15, -0.1) is 12.4 Å². The van der Waals surface area contributed by atoms with Crippen LogP contribution in [0.15, 0.2) is 60.8 Å². The van der Waals surface area contributed by atoms with E-state index >= 15 is 0 Å². The molecule has 3 rings (SSSR count). The van der Waals surface area contributed by atoms with Crippen LogP contribution < -0.4 is 11.1 Å². The summed E-state index contributed by atoms with van der Waals surface area (Å²) in [6.45, 7) is 0.847. The van der Waals surface area contributed by atoms with Gasteiger partial charge in [-0.2, -0.15) is 0 Å². The van der Waals surface area contributed by atoms with Gasteiger partial charge < -0.3 is 20.8 Å². The van der Waals surface area contributed by atoms with E-state index in [1.165, 1.54) is 16.5 Å². The Morgan fingerprint density at radius 3 is 2.56 bits per heavy atom. The van der Waals surface area contributed by atoms with Crippen LogP contribution in [0.5, 0.6) is 0 Å². The average molecular weight is 388 g/mol. The maximum Gasteiger partial charge on any atom is 0.222 e. The number of ether oxygens (including phenoxy) is 1. The van der Waals surface area contributed by atoms with Gasteiger partial charge in [0.05, 0.1) is 12.5 Å². The van der Waals surface area contributed by atoms with Crippen molar-refractivity contribution in [3.05, 3.63) is 71.9 Å². The van der Waals surface area contributed by atoms with E-state index in [4.69, 9.17) is 10.5 Å². The molecule has 0 aliphatic carbocycles. The number of halogens is 1. The SMILES string of the molecule is COC(CN)CC(=O)NCC(c1ccccc1)c1c[nH]c2ccccc12.Cl. The second-order valence-corrected chi connectivity index (χ2v) is 6.35. The van der Waals surface area contributed by atoms with Crippen LogP contribution in [0.4, 0.5) is 0 Å². The first kappa shape index (κ1) is 21.0. The van der Waals surface area contributed by atoms with Crippen LogP contribution in [0.2, 0.25) is 0 Å². The van der Waals surface area contributed by atoms with Crippen LogP contribution >= 0.6 is 12.4 Å². The number of methoxy groups -OCH3 is 1. The number of benzene rings is 2. The largest absolute Gasteiger partial charge is 0.380 e. The first-order valence-corrected chi connectivity index (χ1v) is 8.83. The number of hydrogen-bond acceptors (Lipinski definition) is 3. The van der Waals surface area contributed by atoms with Gasteiger partial charge in [0.1, 0.15) is 0 Å². The highest BCUT2D eigenvalue weighted by Crippen LogP contribution is 2.30. The van der Waals surface area contributed by atoms with Crippen LogP contribution in [0.1, 0.15) is 23.5 Å². The minimum absolute atomic E-state index is 0. The third-order valence-electron chi connectivity index (χ3n) is 4.71. The molecule has 0 aliphatic rings. The minimum Gasteiger partial charge on any atom is -0.380 e. The first-order valence-electron chi connectivity index (χ1n) is 8.83. The van der Waals surface area contributed by atoms with E-state index in [1.54, 1.807) is 7.11 Å². The predicted octanol–water partition coefficient (Wildman–Crippen LogP) is 3.20. The Bertz CT molecular complexity index is 847. The topological polar surface area (TPSA) is 80.1 Å². The molecule has 0 radical (unpaired) electrons. The summed E-state index contributed by atoms with van der Waals surface area (Å²) in [6, 6.07) is 18.4. The van der Waals surface area contributed by atoms with Crippen molar-refractivity contribution < 1.29 is 9.53 Å². The molecule has 2 atom stereocenters. The molecule has 27 heavy (non-hydrogen) atoms. The summed E-state index contributed by atoms with van der Waals surface area (Å²) in [7, 11) is 1.57. The fourth-order valence-electron chi connectivity index (χ4n) is 3.23. The summed E-state index contributed by atoms with van der Waals surface area (Å²) < 4.78 is 5.20. The number of aromatic amines is 1. The van der Waals surface area contributed by atoms with Gasteiger partial charge >= 0.3 is 0 Å². The zero-order valence-corrected chi connectivity index (χ0v) is 16.2. The number of nitrogens with one attached hydrogen (secondary N) is 2. The molecule has 1 heterocycles. The maximum atomic E-state index is 12.3. The zero-order valence-electron chi connectivity index (χ0n) is 15.4. The number of nitrogens with two attached hydrogens (primary N) is 1. The number of carbonyl (C=O) groups is 1. The van der Waals surface area contributed by atoms with Gasteiger partial charge in [0.15, 0.2) is 0 Å². The van der Waals surface area contributed by atoms with Crippen molar-refractivity contribution in [2.45, 2.75) is 18.4 Å². The van der Waals surface area contributed by atoms with Crippen molar-refractivity contribution >= 4 is 29.2 Å². The minimum atomic E-state index is -0.252. The van der Waals surface area contributed by atoms with Gasteiger partial charge in [-0.3, -0.25) is 4.79 Å². The highest BCUT2D eigenvalue weighted by atomic mass is 35.5. The van der Waals surface area contributed by atoms with Gasteiger partial charge in [-0.1, -0.05) is 48.5 Å². The summed E-state index contributed by atoms with van der Waals surface area (Å²) in [6.07, 6.45) is 2.05. The Kier molecular flexibility index (Phi) is 7.85. The Balaban J connectivity index is 0.00000261. The molecule has 0 bridgehead atoms. The summed E-state index contributed by atoms with van der Waals surface area (Å²) in [5.74, 6) is 0.0123. The summed E-state index contributed by atoms with van der Waals surface area (Å²) >= 11 is 0. The van der Waals surface area contributed by atoms with E-state index in [0.717, 1.165) is 5.52 Å². The number of H-pyrrole nitrogens is 1. The lowest BCUT2D eigenvalue weighted by molar-refractivity contribution is -0.123. The van der Waals surface area contributed by atoms with E-state index in [-0.39, 0.29) is 36.8 Å². The lowest BCUT2D eigenvalue weighted by atomic mass is 9.91. The monoisotopic (exact) mass is 387 g/mol. The molecule has 4 N–H and O–H groups in total. The molecule has 2 unspecified atom stereocenters. The van der Waals surface area contributed by atoms with Gasteiger partial charge in [-0.05, 0) is 17.2 Å². The van der Waals surface area contributed by atoms with E-state index in [0.29, 0.717) is 13.1 Å². The lowest BCUT2D eigenvalue weighted by Crippen LogP contribution is -2.34. The smallest absolute Gasteiger partial charge is 0.222 e. The molecule has 6 heteroatoms. The van der Waals surface area contributed by atoms with Crippen molar-refractivity contribution in [2.24, 2.45) is 5.73 Å². The molecule has 0 aliphatic heterocycles. The second kappa shape index (κ2) is 10.1. The van der Waals surface area contributed by atoms with Crippen LogP contribution in [-0.2, 0) is 9.53 Å². The number of aromatic nitrogens is 1. The molecule has 1 amide bonds. The first-order chi connectivity index (χ1) is 12.7. The van der Waals surface area contributed by atoms with Crippen LogP contribution in [-0.4, -0.2) is 37.2 Å². The standard InChI is InChI=1S/C21H25N3O2.ClH/c1-26-16(12-22)11-21(25)24-13-18(15-7-3-2-4-8-15)19-14-23-20-10-6-5-9-17(19)20;/h2-10,14,16,18,23H,11-13,22H2,1H3,(H,24,25);1H. The Morgan fingerprint density at radius 1 is 1.15 bits per heavy atom. The molecule has 0 spiro atoms. The molecule has 1 aromatic heterocycles. The number of amides is 1. The quantitative estimate of drug-likeness (QED) is 0.555. The molecule has 0 fully saturated rings.